The molecule has 0 N–H and O–H groups in total. The fourth-order valence-corrected chi connectivity index (χ4v) is 1.41. The van der Waals surface area contributed by atoms with Gasteiger partial charge in [0, 0.05) is 0 Å². The zero-order chi connectivity index (χ0) is 19.3. The van der Waals surface area contributed by atoms with E-state index in [1.807, 2.05) is 0 Å². The summed E-state index contributed by atoms with van der Waals surface area (Å²) >= 11 is 8.22. The molecule has 0 aromatic heterocycles. The van der Waals surface area contributed by atoms with Crippen LogP contribution in [0.5, 0.6) is 0 Å². The van der Waals surface area contributed by atoms with Gasteiger partial charge in [-0.3, -0.25) is 9.59 Å². The van der Waals surface area contributed by atoms with Gasteiger partial charge in [0.05, 0.1) is 39.6 Å². The predicted octanol–water partition coefficient (Wildman–Crippen LogP) is 1.54. The smallest absolute Gasteiger partial charge is 0.321 e. The van der Waals surface area contributed by atoms with Crippen LogP contribution >= 0.6 is 25.3 Å². The third-order valence-electron chi connectivity index (χ3n) is 2.66. The third-order valence-corrected chi connectivity index (χ3v) is 3.03. The molecule has 7 nitrogen and oxygen atoms in total. The lowest BCUT2D eigenvalue weighted by molar-refractivity contribution is -0.147. The molecule has 0 bridgehead atoms. The second kappa shape index (κ2) is 12.8. The molecule has 9 heteroatoms. The zero-order valence-corrected chi connectivity index (χ0v) is 17.2. The van der Waals surface area contributed by atoms with Crippen molar-refractivity contribution in [2.45, 2.75) is 37.2 Å². The normalized spacial score (nSPS) is 12.1. The molecular formula is C16H30O7S2. The Morgan fingerprint density at radius 3 is 1.08 bits per heavy atom. The Balaban J connectivity index is 3.30. The van der Waals surface area contributed by atoms with E-state index in [9.17, 15) is 9.59 Å². The molecule has 0 amide bonds. The summed E-state index contributed by atoms with van der Waals surface area (Å²) in [4.78, 5) is 22.8. The van der Waals surface area contributed by atoms with Gasteiger partial charge in [-0.25, -0.2) is 0 Å². The van der Waals surface area contributed by atoms with E-state index in [1.165, 1.54) is 0 Å². The minimum atomic E-state index is -0.801. The van der Waals surface area contributed by atoms with Crippen molar-refractivity contribution in [1.82, 2.24) is 0 Å². The first kappa shape index (κ1) is 24.5. The van der Waals surface area contributed by atoms with Gasteiger partial charge in [-0.05, 0) is 27.7 Å². The number of esters is 2. The topological polar surface area (TPSA) is 80.3 Å². The van der Waals surface area contributed by atoms with Gasteiger partial charge in [0.2, 0.25) is 0 Å². The molecule has 0 aromatic rings. The fraction of sp³-hybridized carbons (Fsp3) is 0.875. The lowest BCUT2D eigenvalue weighted by Crippen LogP contribution is -2.28. The van der Waals surface area contributed by atoms with Crippen LogP contribution < -0.4 is 0 Å². The average molecular weight is 399 g/mol. The molecule has 0 rings (SSSR count). The summed E-state index contributed by atoms with van der Waals surface area (Å²) in [5, 5.41) is 0. The molecule has 0 atom stereocenters. The molecule has 0 aliphatic carbocycles. The summed E-state index contributed by atoms with van der Waals surface area (Å²) in [5.41, 5.74) is 0. The molecule has 25 heavy (non-hydrogen) atoms. The van der Waals surface area contributed by atoms with E-state index in [0.717, 1.165) is 0 Å². The van der Waals surface area contributed by atoms with E-state index in [4.69, 9.17) is 23.7 Å². The van der Waals surface area contributed by atoms with Crippen LogP contribution in [-0.4, -0.2) is 74.3 Å². The molecule has 0 fully saturated rings. The molecule has 148 valence electrons. The molecule has 0 radical (unpaired) electrons. The number of carbonyl (C=O) groups excluding carboxylic acids is 2. The van der Waals surface area contributed by atoms with Crippen molar-refractivity contribution >= 4 is 37.2 Å². The quantitative estimate of drug-likeness (QED) is 0.261. The standard InChI is InChI=1S/C16H30O7S2/c1-15(2,24)13(17)22-11-9-20-7-5-19-6-8-21-10-12-23-14(18)16(3,4)25/h24-25H,5-12H2,1-4H3. The van der Waals surface area contributed by atoms with E-state index in [1.54, 1.807) is 27.7 Å². The van der Waals surface area contributed by atoms with Gasteiger partial charge in [0.15, 0.2) is 0 Å². The maximum Gasteiger partial charge on any atom is 0.321 e. The highest BCUT2D eigenvalue weighted by Crippen LogP contribution is 2.14. The molecule has 0 aliphatic rings. The summed E-state index contributed by atoms with van der Waals surface area (Å²) in [6.45, 7) is 9.29. The van der Waals surface area contributed by atoms with E-state index < -0.39 is 9.49 Å². The molecule has 0 saturated heterocycles. The number of thiol groups is 2. The molecule has 0 saturated carbocycles. The highest BCUT2D eigenvalue weighted by atomic mass is 32.1. The monoisotopic (exact) mass is 398 g/mol. The summed E-state index contributed by atoms with van der Waals surface area (Å²) in [6, 6.07) is 0. The van der Waals surface area contributed by atoms with E-state index in [-0.39, 0.29) is 25.2 Å². The first-order valence-electron chi connectivity index (χ1n) is 8.07. The van der Waals surface area contributed by atoms with Crippen molar-refractivity contribution in [2.75, 3.05) is 52.9 Å². The zero-order valence-electron chi connectivity index (χ0n) is 15.4. The second-order valence-electron chi connectivity index (χ2n) is 6.23. The van der Waals surface area contributed by atoms with E-state index >= 15 is 0 Å². The Hall–Kier alpha value is -0.480. The largest absolute Gasteiger partial charge is 0.462 e. The van der Waals surface area contributed by atoms with Crippen LogP contribution in [0.4, 0.5) is 0 Å². The molecule has 0 unspecified atom stereocenters. The van der Waals surface area contributed by atoms with Gasteiger partial charge >= 0.3 is 11.9 Å². The molecule has 0 aromatic carbocycles. The van der Waals surface area contributed by atoms with Crippen LogP contribution in [-0.2, 0) is 33.3 Å². The number of rotatable bonds is 14. The predicted molar refractivity (Wildman–Crippen MR) is 101 cm³/mol. The van der Waals surface area contributed by atoms with Gasteiger partial charge in [0.1, 0.15) is 22.7 Å². The summed E-state index contributed by atoms with van der Waals surface area (Å²) in [6.07, 6.45) is 0. The first-order valence-corrected chi connectivity index (χ1v) is 8.97. The minimum absolute atomic E-state index is 0.188. The minimum Gasteiger partial charge on any atom is -0.462 e. The van der Waals surface area contributed by atoms with Gasteiger partial charge < -0.3 is 23.7 Å². The molecule has 0 heterocycles. The van der Waals surface area contributed by atoms with Gasteiger partial charge in [0.25, 0.3) is 0 Å². The fourth-order valence-electron chi connectivity index (χ4n) is 1.28. The van der Waals surface area contributed by atoms with Gasteiger partial charge in [-0.15, -0.1) is 0 Å². The molecular weight excluding hydrogens is 368 g/mol. The lowest BCUT2D eigenvalue weighted by Gasteiger charge is -2.15. The molecule has 0 spiro atoms. The van der Waals surface area contributed by atoms with Gasteiger partial charge in [-0.2, -0.15) is 25.3 Å². The maximum atomic E-state index is 11.4. The van der Waals surface area contributed by atoms with Crippen molar-refractivity contribution in [2.24, 2.45) is 0 Å². The third kappa shape index (κ3) is 14.4. The van der Waals surface area contributed by atoms with Crippen molar-refractivity contribution in [1.29, 1.82) is 0 Å². The van der Waals surface area contributed by atoms with Crippen LogP contribution in [0.2, 0.25) is 0 Å². The Morgan fingerprint density at radius 1 is 0.600 bits per heavy atom. The van der Waals surface area contributed by atoms with Crippen molar-refractivity contribution < 1.29 is 33.3 Å². The Kier molecular flexibility index (Phi) is 12.6. The first-order chi connectivity index (χ1) is 11.5. The van der Waals surface area contributed by atoms with Crippen molar-refractivity contribution in [3.05, 3.63) is 0 Å². The maximum absolute atomic E-state index is 11.4. The van der Waals surface area contributed by atoms with Crippen LogP contribution in [0.15, 0.2) is 0 Å². The Bertz CT molecular complexity index is 353. The number of hydrogen-bond acceptors (Lipinski definition) is 9. The highest BCUT2D eigenvalue weighted by Gasteiger charge is 2.24. The van der Waals surface area contributed by atoms with Crippen molar-refractivity contribution in [3.63, 3.8) is 0 Å². The summed E-state index contributed by atoms with van der Waals surface area (Å²) in [7, 11) is 0. The summed E-state index contributed by atoms with van der Waals surface area (Å²) < 4.78 is 24.2. The average Bonchev–Trinajstić information content (AvgIpc) is 2.49. The SMILES string of the molecule is CC(C)(S)C(=O)OCCOCCOCCOCCOC(=O)C(C)(C)S. The number of ether oxygens (including phenoxy) is 5. The van der Waals surface area contributed by atoms with Gasteiger partial charge in [-0.1, -0.05) is 0 Å². The lowest BCUT2D eigenvalue weighted by atomic mass is 10.2. The van der Waals surface area contributed by atoms with E-state index in [2.05, 4.69) is 25.3 Å². The Morgan fingerprint density at radius 2 is 0.840 bits per heavy atom. The van der Waals surface area contributed by atoms with Crippen LogP contribution in [0.3, 0.4) is 0 Å². The summed E-state index contributed by atoms with van der Waals surface area (Å²) in [5.74, 6) is -0.757. The van der Waals surface area contributed by atoms with E-state index in [0.29, 0.717) is 39.6 Å². The highest BCUT2D eigenvalue weighted by molar-refractivity contribution is 7.82. The van der Waals surface area contributed by atoms with Crippen LogP contribution in [0.25, 0.3) is 0 Å². The second-order valence-corrected chi connectivity index (χ2v) is 8.46. The number of hydrogen-bond donors (Lipinski definition) is 2. The van der Waals surface area contributed by atoms with Crippen LogP contribution in [0, 0.1) is 0 Å². The van der Waals surface area contributed by atoms with Crippen molar-refractivity contribution in [3.8, 4) is 0 Å². The number of carbonyl (C=O) groups is 2. The molecule has 0 aliphatic heterocycles. The van der Waals surface area contributed by atoms with Crippen LogP contribution in [0.1, 0.15) is 27.7 Å². The Labute approximate surface area is 160 Å².